The Kier molecular flexibility index (Phi) is 6.46. The zero-order valence-electron chi connectivity index (χ0n) is 12.3. The van der Waals surface area contributed by atoms with Crippen molar-refractivity contribution < 1.29 is 9.94 Å². The van der Waals surface area contributed by atoms with Crippen LogP contribution < -0.4 is 11.1 Å². The van der Waals surface area contributed by atoms with Gasteiger partial charge in [0.1, 0.15) is 0 Å². The van der Waals surface area contributed by atoms with Crippen LogP contribution in [0.1, 0.15) is 17.5 Å². The third-order valence-corrected chi connectivity index (χ3v) is 3.65. The van der Waals surface area contributed by atoms with Crippen LogP contribution in [0.5, 0.6) is 0 Å². The summed E-state index contributed by atoms with van der Waals surface area (Å²) >= 11 is 0. The minimum atomic E-state index is 0.153. The van der Waals surface area contributed by atoms with Gasteiger partial charge in [-0.3, -0.25) is 4.90 Å². The Morgan fingerprint density at radius 2 is 2.10 bits per heavy atom. The second-order valence-corrected chi connectivity index (χ2v) is 5.13. The van der Waals surface area contributed by atoms with Crippen molar-refractivity contribution in [3.8, 4) is 0 Å². The molecule has 0 unspecified atom stereocenters. The van der Waals surface area contributed by atoms with Gasteiger partial charge in [0.15, 0.2) is 5.84 Å². The minimum absolute atomic E-state index is 0.153. The van der Waals surface area contributed by atoms with Gasteiger partial charge in [-0.2, -0.15) is 0 Å². The lowest BCUT2D eigenvalue weighted by Gasteiger charge is -2.26. The van der Waals surface area contributed by atoms with E-state index >= 15 is 0 Å². The monoisotopic (exact) mass is 292 g/mol. The van der Waals surface area contributed by atoms with E-state index < -0.39 is 0 Å². The van der Waals surface area contributed by atoms with Crippen LogP contribution in [-0.2, 0) is 11.3 Å². The van der Waals surface area contributed by atoms with Gasteiger partial charge in [0, 0.05) is 25.2 Å². The molecule has 2 rings (SSSR count). The Bertz CT molecular complexity index is 459. The van der Waals surface area contributed by atoms with Crippen LogP contribution in [0.15, 0.2) is 29.4 Å². The Hall–Kier alpha value is -1.63. The molecule has 6 nitrogen and oxygen atoms in total. The molecule has 0 aromatic heterocycles. The molecule has 21 heavy (non-hydrogen) atoms. The number of benzene rings is 1. The van der Waals surface area contributed by atoms with Gasteiger partial charge >= 0.3 is 0 Å². The zero-order valence-corrected chi connectivity index (χ0v) is 12.3. The fraction of sp³-hybridized carbons (Fsp3) is 0.533. The predicted molar refractivity (Wildman–Crippen MR) is 82.5 cm³/mol. The van der Waals surface area contributed by atoms with Crippen LogP contribution in [-0.4, -0.2) is 55.3 Å². The summed E-state index contributed by atoms with van der Waals surface area (Å²) in [5, 5.41) is 15.3. The highest BCUT2D eigenvalue weighted by Gasteiger charge is 2.09. The summed E-state index contributed by atoms with van der Waals surface area (Å²) in [7, 11) is 0. The van der Waals surface area contributed by atoms with Crippen molar-refractivity contribution in [2.75, 3.05) is 39.4 Å². The Labute approximate surface area is 125 Å². The lowest BCUT2D eigenvalue weighted by molar-refractivity contribution is 0.0374. The second-order valence-electron chi connectivity index (χ2n) is 5.13. The average Bonchev–Trinajstić information content (AvgIpc) is 2.55. The van der Waals surface area contributed by atoms with Gasteiger partial charge in [-0.25, -0.2) is 0 Å². The maximum absolute atomic E-state index is 8.79. The lowest BCUT2D eigenvalue weighted by Crippen LogP contribution is -2.37. The first kappa shape index (κ1) is 15.8. The predicted octanol–water partition coefficient (Wildman–Crippen LogP) is 0.593. The van der Waals surface area contributed by atoms with E-state index in [0.29, 0.717) is 0 Å². The largest absolute Gasteiger partial charge is 0.409 e. The van der Waals surface area contributed by atoms with E-state index in [1.54, 1.807) is 0 Å². The van der Waals surface area contributed by atoms with Crippen LogP contribution in [0.4, 0.5) is 0 Å². The molecule has 0 amide bonds. The number of ether oxygens (including phenoxy) is 1. The molecule has 116 valence electrons. The Balaban J connectivity index is 1.71. The summed E-state index contributed by atoms with van der Waals surface area (Å²) in [5.74, 6) is 0.153. The highest BCUT2D eigenvalue weighted by Crippen LogP contribution is 2.08. The van der Waals surface area contributed by atoms with Gasteiger partial charge in [-0.15, -0.1) is 0 Å². The van der Waals surface area contributed by atoms with E-state index in [4.69, 9.17) is 15.7 Å². The van der Waals surface area contributed by atoms with Crippen molar-refractivity contribution in [1.29, 1.82) is 0 Å². The quantitative estimate of drug-likeness (QED) is 0.225. The fourth-order valence-electron chi connectivity index (χ4n) is 2.45. The Morgan fingerprint density at radius 1 is 1.33 bits per heavy atom. The number of rotatable bonds is 7. The lowest BCUT2D eigenvalue weighted by atomic mass is 10.1. The third kappa shape index (κ3) is 5.00. The van der Waals surface area contributed by atoms with Crippen molar-refractivity contribution in [3.63, 3.8) is 0 Å². The first-order chi connectivity index (χ1) is 10.3. The highest BCUT2D eigenvalue weighted by atomic mass is 16.5. The zero-order chi connectivity index (χ0) is 14.9. The molecule has 0 radical (unpaired) electrons. The smallest absolute Gasteiger partial charge is 0.170 e. The molecular formula is C15H24N4O2. The van der Waals surface area contributed by atoms with Crippen molar-refractivity contribution in [2.45, 2.75) is 13.0 Å². The summed E-state index contributed by atoms with van der Waals surface area (Å²) in [4.78, 5) is 2.43. The normalized spacial score (nSPS) is 17.0. The molecule has 1 aliphatic heterocycles. The molecule has 1 saturated heterocycles. The molecule has 6 heteroatoms. The summed E-state index contributed by atoms with van der Waals surface area (Å²) in [6, 6.07) is 7.69. The topological polar surface area (TPSA) is 83.1 Å². The van der Waals surface area contributed by atoms with Crippen LogP contribution in [0, 0.1) is 0 Å². The molecule has 1 aromatic rings. The van der Waals surface area contributed by atoms with E-state index in [9.17, 15) is 0 Å². The number of hydrogen-bond acceptors (Lipinski definition) is 5. The summed E-state index contributed by atoms with van der Waals surface area (Å²) in [6.45, 7) is 6.52. The van der Waals surface area contributed by atoms with E-state index in [1.807, 2.05) is 24.3 Å². The van der Waals surface area contributed by atoms with E-state index in [0.717, 1.165) is 63.5 Å². The number of nitrogens with zero attached hydrogens (tertiary/aromatic N) is 2. The van der Waals surface area contributed by atoms with Gasteiger partial charge in [0.2, 0.25) is 0 Å². The van der Waals surface area contributed by atoms with E-state index in [2.05, 4.69) is 15.4 Å². The number of hydrogen-bond donors (Lipinski definition) is 3. The van der Waals surface area contributed by atoms with Crippen LogP contribution in [0.3, 0.4) is 0 Å². The average molecular weight is 292 g/mol. The number of oxime groups is 1. The Morgan fingerprint density at radius 3 is 2.86 bits per heavy atom. The maximum Gasteiger partial charge on any atom is 0.170 e. The summed E-state index contributed by atoms with van der Waals surface area (Å²) < 4.78 is 5.33. The first-order valence-corrected chi connectivity index (χ1v) is 7.38. The SMILES string of the molecule is NC(=NO)c1ccccc1CNCCCN1CCOCC1. The van der Waals surface area contributed by atoms with Gasteiger partial charge < -0.3 is 21.0 Å². The van der Waals surface area contributed by atoms with E-state index in [1.165, 1.54) is 0 Å². The van der Waals surface area contributed by atoms with E-state index in [-0.39, 0.29) is 5.84 Å². The maximum atomic E-state index is 8.79. The molecule has 0 spiro atoms. The number of nitrogens with two attached hydrogens (primary N) is 1. The van der Waals surface area contributed by atoms with Gasteiger partial charge in [-0.1, -0.05) is 29.4 Å². The molecule has 0 aliphatic carbocycles. The molecule has 0 atom stereocenters. The molecule has 1 aliphatic rings. The molecule has 0 saturated carbocycles. The number of morpholine rings is 1. The van der Waals surface area contributed by atoms with Gasteiger partial charge in [-0.05, 0) is 25.1 Å². The molecule has 1 aromatic carbocycles. The van der Waals surface area contributed by atoms with Gasteiger partial charge in [0.05, 0.1) is 13.2 Å². The molecular weight excluding hydrogens is 268 g/mol. The summed E-state index contributed by atoms with van der Waals surface area (Å²) in [5.41, 5.74) is 7.50. The van der Waals surface area contributed by atoms with Crippen molar-refractivity contribution in [2.24, 2.45) is 10.9 Å². The molecule has 1 heterocycles. The van der Waals surface area contributed by atoms with Crippen molar-refractivity contribution >= 4 is 5.84 Å². The van der Waals surface area contributed by atoms with Crippen molar-refractivity contribution in [1.82, 2.24) is 10.2 Å². The second kappa shape index (κ2) is 8.61. The third-order valence-electron chi connectivity index (χ3n) is 3.65. The van der Waals surface area contributed by atoms with Crippen LogP contribution in [0.2, 0.25) is 0 Å². The molecule has 4 N–H and O–H groups in total. The fourth-order valence-corrected chi connectivity index (χ4v) is 2.45. The molecule has 1 fully saturated rings. The molecule has 0 bridgehead atoms. The van der Waals surface area contributed by atoms with Gasteiger partial charge in [0.25, 0.3) is 0 Å². The van der Waals surface area contributed by atoms with Crippen LogP contribution >= 0.6 is 0 Å². The minimum Gasteiger partial charge on any atom is -0.409 e. The summed E-state index contributed by atoms with van der Waals surface area (Å²) in [6.07, 6.45) is 1.10. The van der Waals surface area contributed by atoms with Crippen molar-refractivity contribution in [3.05, 3.63) is 35.4 Å². The number of amidine groups is 1. The highest BCUT2D eigenvalue weighted by molar-refractivity contribution is 5.98. The number of nitrogens with one attached hydrogen (secondary N) is 1. The first-order valence-electron chi connectivity index (χ1n) is 7.38. The van der Waals surface area contributed by atoms with Crippen LogP contribution in [0.25, 0.3) is 0 Å². The standard InChI is InChI=1S/C15H24N4O2/c16-15(18-20)14-5-2-1-4-13(14)12-17-6-3-7-19-8-10-21-11-9-19/h1-2,4-5,17,20H,3,6-12H2,(H2,16,18).